The molecule has 10 nitrogen and oxygen atoms in total. The number of para-hydroxylation sites is 2. The van der Waals surface area contributed by atoms with E-state index in [1.165, 1.54) is 11.4 Å². The van der Waals surface area contributed by atoms with Crippen LogP contribution in [0.5, 0.6) is 5.75 Å². The Labute approximate surface area is 236 Å². The number of hydrogen-bond acceptors (Lipinski definition) is 7. The van der Waals surface area contributed by atoms with E-state index in [1.807, 2.05) is 30.0 Å². The monoisotopic (exact) mass is 569 g/mol. The molecular weight excluding hydrogens is 530 g/mol. The molecule has 216 valence electrons. The van der Waals surface area contributed by atoms with Crippen molar-refractivity contribution in [2.45, 2.75) is 49.6 Å². The number of imidazole rings is 1. The number of piperidine rings is 1. The first-order chi connectivity index (χ1) is 19.2. The summed E-state index contributed by atoms with van der Waals surface area (Å²) in [6.07, 6.45) is 2.65. The average Bonchev–Trinajstić information content (AvgIpc) is 3.54. The summed E-state index contributed by atoms with van der Waals surface area (Å²) in [6.45, 7) is 4.58. The van der Waals surface area contributed by atoms with E-state index in [2.05, 4.69) is 10.6 Å². The van der Waals surface area contributed by atoms with Gasteiger partial charge in [0.2, 0.25) is 15.9 Å². The highest BCUT2D eigenvalue weighted by Gasteiger charge is 2.44. The molecule has 2 aromatic carbocycles. The van der Waals surface area contributed by atoms with Crippen molar-refractivity contribution in [3.05, 3.63) is 53.9 Å². The SMILES string of the molecule is COCCCn1c(C2CCCN(C(=O)[C@@H]3CN(S(=O)(=O)c4cc(C)ccc4OC)C[C@H]3N)C2)nc2ccccc21. The smallest absolute Gasteiger partial charge is 0.246 e. The number of fused-ring (bicyclic) bond motifs is 1. The van der Waals surface area contributed by atoms with Gasteiger partial charge in [0.1, 0.15) is 16.5 Å². The summed E-state index contributed by atoms with van der Waals surface area (Å²) in [7, 11) is -0.733. The molecule has 3 heterocycles. The van der Waals surface area contributed by atoms with Crippen molar-refractivity contribution in [1.82, 2.24) is 18.8 Å². The minimum atomic E-state index is -3.89. The molecule has 2 fully saturated rings. The third kappa shape index (κ3) is 5.47. The molecule has 2 N–H and O–H groups in total. The Morgan fingerprint density at radius 3 is 2.70 bits per heavy atom. The number of methoxy groups -OCH3 is 2. The molecule has 1 amide bonds. The Balaban J connectivity index is 1.34. The van der Waals surface area contributed by atoms with Gasteiger partial charge in [-0.3, -0.25) is 4.79 Å². The number of carbonyl (C=O) groups is 1. The van der Waals surface area contributed by atoms with Crippen molar-refractivity contribution in [2.24, 2.45) is 11.7 Å². The summed E-state index contributed by atoms with van der Waals surface area (Å²) < 4.78 is 41.3. The Morgan fingerprint density at radius 1 is 1.12 bits per heavy atom. The van der Waals surface area contributed by atoms with Crippen LogP contribution >= 0.6 is 0 Å². The summed E-state index contributed by atoms with van der Waals surface area (Å²) in [6, 6.07) is 12.6. The highest BCUT2D eigenvalue weighted by molar-refractivity contribution is 7.89. The maximum atomic E-state index is 13.8. The number of benzene rings is 2. The minimum Gasteiger partial charge on any atom is -0.495 e. The maximum absolute atomic E-state index is 13.8. The van der Waals surface area contributed by atoms with Gasteiger partial charge in [0, 0.05) is 58.4 Å². The first-order valence-electron chi connectivity index (χ1n) is 13.9. The number of amides is 1. The second-order valence-electron chi connectivity index (χ2n) is 10.8. The van der Waals surface area contributed by atoms with Crippen LogP contribution in [0, 0.1) is 12.8 Å². The van der Waals surface area contributed by atoms with Crippen LogP contribution in [0.25, 0.3) is 11.0 Å². The predicted molar refractivity (Wildman–Crippen MR) is 153 cm³/mol. The van der Waals surface area contributed by atoms with Crippen LogP contribution in [-0.2, 0) is 26.1 Å². The zero-order valence-electron chi connectivity index (χ0n) is 23.5. The zero-order chi connectivity index (χ0) is 28.4. The molecule has 0 radical (unpaired) electrons. The second-order valence-corrected chi connectivity index (χ2v) is 12.7. The average molecular weight is 570 g/mol. The van der Waals surface area contributed by atoms with Crippen molar-refractivity contribution in [1.29, 1.82) is 0 Å². The van der Waals surface area contributed by atoms with E-state index in [0.29, 0.717) is 19.7 Å². The molecule has 3 atom stereocenters. The van der Waals surface area contributed by atoms with E-state index in [1.54, 1.807) is 25.3 Å². The van der Waals surface area contributed by atoms with Crippen LogP contribution < -0.4 is 10.5 Å². The highest BCUT2D eigenvalue weighted by Crippen LogP contribution is 2.34. The molecule has 1 unspecified atom stereocenters. The minimum absolute atomic E-state index is 0.0517. The van der Waals surface area contributed by atoms with E-state index >= 15 is 0 Å². The molecule has 5 rings (SSSR count). The Morgan fingerprint density at radius 2 is 1.93 bits per heavy atom. The largest absolute Gasteiger partial charge is 0.495 e. The number of hydrogen-bond donors (Lipinski definition) is 1. The summed E-state index contributed by atoms with van der Waals surface area (Å²) in [4.78, 5) is 20.7. The molecule has 40 heavy (non-hydrogen) atoms. The number of sulfonamides is 1. The summed E-state index contributed by atoms with van der Waals surface area (Å²) in [5.74, 6) is 0.655. The van der Waals surface area contributed by atoms with E-state index in [0.717, 1.165) is 48.2 Å². The lowest BCUT2D eigenvalue weighted by Crippen LogP contribution is -2.47. The summed E-state index contributed by atoms with van der Waals surface area (Å²) in [5, 5.41) is 0. The van der Waals surface area contributed by atoms with Crippen LogP contribution in [0.4, 0.5) is 0 Å². The number of nitrogens with zero attached hydrogens (tertiary/aromatic N) is 4. The number of ether oxygens (including phenoxy) is 2. The quantitative estimate of drug-likeness (QED) is 0.394. The molecule has 0 bridgehead atoms. The van der Waals surface area contributed by atoms with Crippen LogP contribution in [0.15, 0.2) is 47.4 Å². The van der Waals surface area contributed by atoms with Gasteiger partial charge in [-0.15, -0.1) is 0 Å². The first kappa shape index (κ1) is 28.5. The van der Waals surface area contributed by atoms with Gasteiger partial charge in [-0.25, -0.2) is 13.4 Å². The van der Waals surface area contributed by atoms with Gasteiger partial charge < -0.3 is 24.7 Å². The lowest BCUT2D eigenvalue weighted by Gasteiger charge is -2.35. The first-order valence-corrected chi connectivity index (χ1v) is 15.3. The van der Waals surface area contributed by atoms with Crippen LogP contribution in [0.1, 0.15) is 36.6 Å². The van der Waals surface area contributed by atoms with Gasteiger partial charge in [0.05, 0.1) is 24.1 Å². The molecular formula is C29H39N5O5S. The van der Waals surface area contributed by atoms with E-state index < -0.39 is 22.0 Å². The van der Waals surface area contributed by atoms with E-state index in [4.69, 9.17) is 20.2 Å². The molecule has 0 spiro atoms. The lowest BCUT2D eigenvalue weighted by molar-refractivity contribution is -0.136. The van der Waals surface area contributed by atoms with Gasteiger partial charge >= 0.3 is 0 Å². The third-order valence-corrected chi connectivity index (χ3v) is 9.95. The van der Waals surface area contributed by atoms with Gasteiger partial charge in [-0.2, -0.15) is 4.31 Å². The van der Waals surface area contributed by atoms with Crippen molar-refractivity contribution >= 4 is 27.0 Å². The van der Waals surface area contributed by atoms with Crippen LogP contribution in [-0.4, -0.2) is 86.1 Å². The van der Waals surface area contributed by atoms with Gasteiger partial charge in [-0.1, -0.05) is 18.2 Å². The molecule has 3 aromatic rings. The second kappa shape index (κ2) is 11.9. The zero-order valence-corrected chi connectivity index (χ0v) is 24.3. The van der Waals surface area contributed by atoms with Crippen LogP contribution in [0.2, 0.25) is 0 Å². The maximum Gasteiger partial charge on any atom is 0.246 e. The number of nitrogens with two attached hydrogens (primary N) is 1. The van der Waals surface area contributed by atoms with Crippen molar-refractivity contribution in [3.8, 4) is 5.75 Å². The molecule has 2 saturated heterocycles. The Bertz CT molecular complexity index is 1470. The predicted octanol–water partition coefficient (Wildman–Crippen LogP) is 2.74. The fourth-order valence-corrected chi connectivity index (χ4v) is 7.75. The van der Waals surface area contributed by atoms with E-state index in [9.17, 15) is 13.2 Å². The van der Waals surface area contributed by atoms with Gasteiger partial charge in [0.15, 0.2) is 0 Å². The summed E-state index contributed by atoms with van der Waals surface area (Å²) >= 11 is 0. The van der Waals surface area contributed by atoms with Crippen molar-refractivity contribution in [2.75, 3.05) is 47.0 Å². The fourth-order valence-electron chi connectivity index (χ4n) is 6.00. The van der Waals surface area contributed by atoms with Gasteiger partial charge in [0.25, 0.3) is 0 Å². The molecule has 2 aliphatic heterocycles. The topological polar surface area (TPSA) is 120 Å². The molecule has 0 aliphatic carbocycles. The van der Waals surface area contributed by atoms with Crippen LogP contribution in [0.3, 0.4) is 0 Å². The van der Waals surface area contributed by atoms with Crippen molar-refractivity contribution in [3.63, 3.8) is 0 Å². The number of aryl methyl sites for hydroxylation is 2. The molecule has 1 aromatic heterocycles. The standard InChI is InChI=1S/C29H39N5O5S/c1-20-11-12-26(39-3)27(16-20)40(36,37)33-18-22(23(30)19-33)29(35)32-13-6-8-21(17-32)28-31-24-9-4-5-10-25(24)34(28)14-7-15-38-2/h4-5,9-12,16,21-23H,6-8,13-15,17-19,30H2,1-3H3/t21?,22-,23-/m1/s1. The fraction of sp³-hybridized carbons (Fsp3) is 0.517. The number of carbonyl (C=O) groups excluding carboxylic acids is 1. The molecule has 0 saturated carbocycles. The number of aromatic nitrogens is 2. The Kier molecular flexibility index (Phi) is 8.46. The summed E-state index contributed by atoms with van der Waals surface area (Å²) in [5.41, 5.74) is 9.27. The normalized spacial score (nSPS) is 22.2. The number of rotatable bonds is 9. The Hall–Kier alpha value is -2.99. The molecule has 2 aliphatic rings. The lowest BCUT2D eigenvalue weighted by atomic mass is 9.94. The van der Waals surface area contributed by atoms with E-state index in [-0.39, 0.29) is 35.6 Å². The van der Waals surface area contributed by atoms with Crippen molar-refractivity contribution < 1.29 is 22.7 Å². The van der Waals surface area contributed by atoms with Gasteiger partial charge in [-0.05, 0) is 56.0 Å². The number of likely N-dealkylation sites (tertiary alicyclic amines) is 1. The molecule has 11 heteroatoms. The highest BCUT2D eigenvalue weighted by atomic mass is 32.2. The third-order valence-electron chi connectivity index (χ3n) is 8.10.